The second kappa shape index (κ2) is 4.63. The lowest BCUT2D eigenvalue weighted by Crippen LogP contribution is -2.22. The smallest absolute Gasteiger partial charge is 0.128 e. The van der Waals surface area contributed by atoms with Crippen LogP contribution in [0.2, 0.25) is 0 Å². The minimum atomic E-state index is -0.175. The summed E-state index contributed by atoms with van der Waals surface area (Å²) in [5, 5.41) is 22.0. The number of benzene rings is 1. The van der Waals surface area contributed by atoms with E-state index >= 15 is 0 Å². The molecule has 0 unspecified atom stereocenters. The molecule has 0 spiro atoms. The number of oxime groups is 1. The standard InChI is InChI=1S/C15H23NO2/c1-14(2,3)11-8-7-10(9-16-18)13(17)12(11)15(4,5)6/h7-9,17-18H,1-6H3. The summed E-state index contributed by atoms with van der Waals surface area (Å²) < 4.78 is 0. The fraction of sp³-hybridized carbons (Fsp3) is 0.533. The Morgan fingerprint density at radius 1 is 1.00 bits per heavy atom. The quantitative estimate of drug-likeness (QED) is 0.452. The van der Waals surface area contributed by atoms with Crippen LogP contribution in [-0.4, -0.2) is 16.5 Å². The van der Waals surface area contributed by atoms with Crippen molar-refractivity contribution in [3.8, 4) is 5.75 Å². The average molecular weight is 249 g/mol. The number of hydrogen-bond acceptors (Lipinski definition) is 3. The molecule has 3 heteroatoms. The molecule has 1 aromatic rings. The third kappa shape index (κ3) is 2.84. The summed E-state index contributed by atoms with van der Waals surface area (Å²) in [7, 11) is 0. The van der Waals surface area contributed by atoms with E-state index in [4.69, 9.17) is 5.21 Å². The zero-order valence-corrected chi connectivity index (χ0v) is 12.1. The van der Waals surface area contributed by atoms with E-state index in [-0.39, 0.29) is 16.6 Å². The molecule has 0 aliphatic carbocycles. The summed E-state index contributed by atoms with van der Waals surface area (Å²) in [5.41, 5.74) is 2.34. The lowest BCUT2D eigenvalue weighted by atomic mass is 9.74. The molecular weight excluding hydrogens is 226 g/mol. The predicted octanol–water partition coefficient (Wildman–Crippen LogP) is 3.80. The molecule has 0 aliphatic heterocycles. The Balaban J connectivity index is 3.63. The van der Waals surface area contributed by atoms with Crippen LogP contribution in [0, 0.1) is 0 Å². The third-order valence-corrected chi connectivity index (χ3v) is 2.96. The molecule has 0 atom stereocenters. The average Bonchev–Trinajstić information content (AvgIpc) is 2.17. The van der Waals surface area contributed by atoms with Gasteiger partial charge in [0, 0.05) is 11.1 Å². The number of aromatic hydroxyl groups is 1. The van der Waals surface area contributed by atoms with Crippen LogP contribution in [0.25, 0.3) is 0 Å². The van der Waals surface area contributed by atoms with Gasteiger partial charge in [0.15, 0.2) is 0 Å². The monoisotopic (exact) mass is 249 g/mol. The largest absolute Gasteiger partial charge is 0.507 e. The maximum absolute atomic E-state index is 10.4. The van der Waals surface area contributed by atoms with Crippen molar-refractivity contribution in [1.82, 2.24) is 0 Å². The molecule has 0 aromatic heterocycles. The first-order chi connectivity index (χ1) is 8.09. The minimum Gasteiger partial charge on any atom is -0.507 e. The first-order valence-corrected chi connectivity index (χ1v) is 6.13. The van der Waals surface area contributed by atoms with E-state index in [1.54, 1.807) is 6.07 Å². The maximum Gasteiger partial charge on any atom is 0.128 e. The van der Waals surface area contributed by atoms with Gasteiger partial charge in [0.05, 0.1) is 6.21 Å². The van der Waals surface area contributed by atoms with Crippen LogP contribution in [0.5, 0.6) is 5.75 Å². The first kappa shape index (κ1) is 14.6. The van der Waals surface area contributed by atoms with Gasteiger partial charge in [-0.1, -0.05) is 52.8 Å². The summed E-state index contributed by atoms with van der Waals surface area (Å²) in [4.78, 5) is 0. The summed E-state index contributed by atoms with van der Waals surface area (Å²) in [6.45, 7) is 12.6. The summed E-state index contributed by atoms with van der Waals surface area (Å²) in [6.07, 6.45) is 1.26. The van der Waals surface area contributed by atoms with Crippen molar-refractivity contribution >= 4 is 6.21 Å². The molecule has 0 heterocycles. The van der Waals surface area contributed by atoms with Crippen LogP contribution < -0.4 is 0 Å². The van der Waals surface area contributed by atoms with Gasteiger partial charge >= 0.3 is 0 Å². The Morgan fingerprint density at radius 3 is 1.94 bits per heavy atom. The lowest BCUT2D eigenvalue weighted by Gasteiger charge is -2.31. The minimum absolute atomic E-state index is 0.0466. The van der Waals surface area contributed by atoms with E-state index in [0.717, 1.165) is 11.1 Å². The van der Waals surface area contributed by atoms with Crippen molar-refractivity contribution in [3.05, 3.63) is 28.8 Å². The molecule has 1 aromatic carbocycles. The Kier molecular flexibility index (Phi) is 3.75. The number of phenols is 1. The van der Waals surface area contributed by atoms with E-state index in [9.17, 15) is 5.11 Å². The third-order valence-electron chi connectivity index (χ3n) is 2.96. The Morgan fingerprint density at radius 2 is 1.56 bits per heavy atom. The second-order valence-corrected chi connectivity index (χ2v) is 6.67. The summed E-state index contributed by atoms with van der Waals surface area (Å²) in [6, 6.07) is 3.78. The molecule has 0 saturated carbocycles. The SMILES string of the molecule is CC(C)(C)c1ccc(C=NO)c(O)c1C(C)(C)C. The van der Waals surface area contributed by atoms with Crippen LogP contribution in [0.15, 0.2) is 17.3 Å². The van der Waals surface area contributed by atoms with Gasteiger partial charge in [-0.3, -0.25) is 0 Å². The molecule has 18 heavy (non-hydrogen) atoms. The van der Waals surface area contributed by atoms with Crippen LogP contribution >= 0.6 is 0 Å². The first-order valence-electron chi connectivity index (χ1n) is 6.13. The Bertz CT molecular complexity index is 463. The second-order valence-electron chi connectivity index (χ2n) is 6.67. The lowest BCUT2D eigenvalue weighted by molar-refractivity contribution is 0.321. The topological polar surface area (TPSA) is 52.8 Å². The molecule has 100 valence electrons. The number of hydrogen-bond donors (Lipinski definition) is 2. The van der Waals surface area contributed by atoms with Crippen LogP contribution in [0.3, 0.4) is 0 Å². The molecule has 3 nitrogen and oxygen atoms in total. The van der Waals surface area contributed by atoms with Crippen LogP contribution in [-0.2, 0) is 10.8 Å². The number of rotatable bonds is 1. The van der Waals surface area contributed by atoms with Gasteiger partial charge in [0.2, 0.25) is 0 Å². The van der Waals surface area contributed by atoms with Gasteiger partial charge < -0.3 is 10.3 Å². The molecule has 2 N–H and O–H groups in total. The van der Waals surface area contributed by atoms with E-state index in [1.807, 2.05) is 6.07 Å². The molecule has 1 rings (SSSR count). The zero-order chi connectivity index (χ0) is 14.1. The predicted molar refractivity (Wildman–Crippen MR) is 74.9 cm³/mol. The van der Waals surface area contributed by atoms with Gasteiger partial charge in [-0.25, -0.2) is 0 Å². The normalized spacial score (nSPS) is 13.2. The fourth-order valence-corrected chi connectivity index (χ4v) is 2.16. The van der Waals surface area contributed by atoms with Gasteiger partial charge in [-0.05, 0) is 22.5 Å². The van der Waals surface area contributed by atoms with E-state index < -0.39 is 0 Å². The highest BCUT2D eigenvalue weighted by Crippen LogP contribution is 2.40. The van der Waals surface area contributed by atoms with E-state index in [0.29, 0.717) is 5.56 Å². The highest BCUT2D eigenvalue weighted by molar-refractivity contribution is 5.84. The zero-order valence-electron chi connectivity index (χ0n) is 12.1. The van der Waals surface area contributed by atoms with Crippen molar-refractivity contribution in [2.24, 2.45) is 5.16 Å². The molecule has 0 radical (unpaired) electrons. The molecule has 0 bridgehead atoms. The van der Waals surface area contributed by atoms with Crippen LogP contribution in [0.1, 0.15) is 58.2 Å². The van der Waals surface area contributed by atoms with Crippen LogP contribution in [0.4, 0.5) is 0 Å². The Labute approximate surface area is 109 Å². The molecule has 0 amide bonds. The van der Waals surface area contributed by atoms with Crippen molar-refractivity contribution in [1.29, 1.82) is 0 Å². The van der Waals surface area contributed by atoms with Gasteiger partial charge in [-0.2, -0.15) is 0 Å². The molecule has 0 fully saturated rings. The van der Waals surface area contributed by atoms with Gasteiger partial charge in [0.25, 0.3) is 0 Å². The van der Waals surface area contributed by atoms with Crippen molar-refractivity contribution in [3.63, 3.8) is 0 Å². The molecular formula is C15H23NO2. The molecule has 0 saturated heterocycles. The number of nitrogens with zero attached hydrogens (tertiary/aromatic N) is 1. The van der Waals surface area contributed by atoms with Crippen molar-refractivity contribution in [2.45, 2.75) is 52.4 Å². The molecule has 0 aliphatic rings. The van der Waals surface area contributed by atoms with Gasteiger partial charge in [-0.15, -0.1) is 0 Å². The fourth-order valence-electron chi connectivity index (χ4n) is 2.16. The maximum atomic E-state index is 10.4. The Hall–Kier alpha value is -1.51. The van der Waals surface area contributed by atoms with E-state index in [1.165, 1.54) is 6.21 Å². The summed E-state index contributed by atoms with van der Waals surface area (Å²) in [5.74, 6) is 0.202. The van der Waals surface area contributed by atoms with Crippen molar-refractivity contribution in [2.75, 3.05) is 0 Å². The summed E-state index contributed by atoms with van der Waals surface area (Å²) >= 11 is 0. The van der Waals surface area contributed by atoms with Gasteiger partial charge in [0.1, 0.15) is 5.75 Å². The highest BCUT2D eigenvalue weighted by Gasteiger charge is 2.28. The number of phenolic OH excluding ortho intramolecular Hbond substituents is 1. The van der Waals surface area contributed by atoms with E-state index in [2.05, 4.69) is 46.7 Å². The highest BCUT2D eigenvalue weighted by atomic mass is 16.4. The van der Waals surface area contributed by atoms with Crippen molar-refractivity contribution < 1.29 is 10.3 Å².